The maximum atomic E-state index is 12.9. The first kappa shape index (κ1) is 28.9. The van der Waals surface area contributed by atoms with Gasteiger partial charge in [0.15, 0.2) is 0 Å². The minimum Gasteiger partial charge on any atom is -0.426 e. The van der Waals surface area contributed by atoms with Crippen molar-refractivity contribution in [3.8, 4) is 22.9 Å². The largest absolute Gasteiger partial charge is 0.426 e. The number of hydrogen-bond donors (Lipinski definition) is 3. The SMILES string of the molecule is CC1CCc2cc(-c3ccc(CC(C#N)NC(=O)C4CNCC(O)(Cc5nccs5)CO4)cc3)ccc2OC(=O)C1. The maximum Gasteiger partial charge on any atom is 0.311 e. The topological polar surface area (TPSA) is 134 Å². The summed E-state index contributed by atoms with van der Waals surface area (Å²) in [4.78, 5) is 29.2. The van der Waals surface area contributed by atoms with Crippen molar-refractivity contribution in [1.29, 1.82) is 5.26 Å². The quantitative estimate of drug-likeness (QED) is 0.289. The molecule has 1 amide bonds. The van der Waals surface area contributed by atoms with E-state index in [2.05, 4.69) is 34.7 Å². The second kappa shape index (κ2) is 12.9. The van der Waals surface area contributed by atoms with E-state index in [1.54, 1.807) is 6.20 Å². The highest BCUT2D eigenvalue weighted by atomic mass is 32.1. The predicted octanol–water partition coefficient (Wildman–Crippen LogP) is 3.20. The molecule has 0 radical (unpaired) electrons. The van der Waals surface area contributed by atoms with Crippen LogP contribution in [0.4, 0.5) is 0 Å². The third-order valence-corrected chi connectivity index (χ3v) is 8.28. The van der Waals surface area contributed by atoms with Gasteiger partial charge in [0.1, 0.15) is 23.5 Å². The molecule has 10 heteroatoms. The summed E-state index contributed by atoms with van der Waals surface area (Å²) in [5.41, 5.74) is 2.81. The highest BCUT2D eigenvalue weighted by Crippen LogP contribution is 2.31. The highest BCUT2D eigenvalue weighted by Gasteiger charge is 2.35. The summed E-state index contributed by atoms with van der Waals surface area (Å²) < 4.78 is 11.3. The summed E-state index contributed by atoms with van der Waals surface area (Å²) in [6, 6.07) is 15.2. The molecule has 3 aromatic rings. The van der Waals surface area contributed by atoms with Crippen molar-refractivity contribution in [3.05, 3.63) is 70.2 Å². The predicted molar refractivity (Wildman–Crippen MR) is 154 cm³/mol. The number of nitrogens with zero attached hydrogens (tertiary/aromatic N) is 2. The molecule has 2 aliphatic heterocycles. The summed E-state index contributed by atoms with van der Waals surface area (Å²) in [5, 5.41) is 29.2. The van der Waals surface area contributed by atoms with Crippen LogP contribution in [0.1, 0.15) is 35.9 Å². The summed E-state index contributed by atoms with van der Waals surface area (Å²) in [6.45, 7) is 2.56. The van der Waals surface area contributed by atoms with E-state index in [9.17, 15) is 20.0 Å². The van der Waals surface area contributed by atoms with E-state index in [0.29, 0.717) is 25.0 Å². The maximum absolute atomic E-state index is 12.9. The van der Waals surface area contributed by atoms with E-state index in [-0.39, 0.29) is 31.6 Å². The number of amides is 1. The van der Waals surface area contributed by atoms with E-state index >= 15 is 0 Å². The average Bonchev–Trinajstić information content (AvgIpc) is 3.37. The zero-order chi connectivity index (χ0) is 28.8. The van der Waals surface area contributed by atoms with Crippen molar-refractivity contribution in [1.82, 2.24) is 15.6 Å². The van der Waals surface area contributed by atoms with Gasteiger partial charge in [-0.25, -0.2) is 4.98 Å². The third-order valence-electron chi connectivity index (χ3n) is 7.50. The van der Waals surface area contributed by atoms with Crippen LogP contribution in [0, 0.1) is 17.2 Å². The number of carbonyl (C=O) groups excluding carboxylic acids is 2. The number of nitriles is 1. The third kappa shape index (κ3) is 7.57. The second-order valence-electron chi connectivity index (χ2n) is 11.0. The monoisotopic (exact) mass is 574 g/mol. The van der Waals surface area contributed by atoms with Gasteiger partial charge in [-0.1, -0.05) is 37.3 Å². The first-order valence-electron chi connectivity index (χ1n) is 13.9. The number of carbonyl (C=O) groups is 2. The summed E-state index contributed by atoms with van der Waals surface area (Å²) in [6.07, 6.45) is 3.77. The number of esters is 1. The lowest BCUT2D eigenvalue weighted by Crippen LogP contribution is -2.46. The highest BCUT2D eigenvalue weighted by molar-refractivity contribution is 7.09. The molecule has 1 aromatic heterocycles. The minimum absolute atomic E-state index is 0.0134. The van der Waals surface area contributed by atoms with Gasteiger partial charge in [0, 0.05) is 43.9 Å². The number of ether oxygens (including phenoxy) is 2. The lowest BCUT2D eigenvalue weighted by Gasteiger charge is -2.25. The van der Waals surface area contributed by atoms with Crippen LogP contribution in [0.2, 0.25) is 0 Å². The van der Waals surface area contributed by atoms with Crippen LogP contribution in [-0.2, 0) is 33.6 Å². The van der Waals surface area contributed by atoms with Crippen molar-refractivity contribution >= 4 is 23.2 Å². The lowest BCUT2D eigenvalue weighted by atomic mass is 9.93. The van der Waals surface area contributed by atoms with Crippen LogP contribution in [0.15, 0.2) is 54.0 Å². The number of aryl methyl sites for hydroxylation is 1. The fourth-order valence-corrected chi connectivity index (χ4v) is 5.93. The first-order chi connectivity index (χ1) is 19.8. The molecule has 41 heavy (non-hydrogen) atoms. The van der Waals surface area contributed by atoms with Crippen LogP contribution in [-0.4, -0.2) is 59.4 Å². The molecule has 3 heterocycles. The fraction of sp³-hybridized carbons (Fsp3) is 0.419. The van der Waals surface area contributed by atoms with Gasteiger partial charge in [-0.15, -0.1) is 11.3 Å². The Kier molecular flexibility index (Phi) is 9.10. The van der Waals surface area contributed by atoms with Gasteiger partial charge in [-0.2, -0.15) is 5.26 Å². The molecule has 4 unspecified atom stereocenters. The van der Waals surface area contributed by atoms with Crippen LogP contribution in [0.5, 0.6) is 5.75 Å². The van der Waals surface area contributed by atoms with Crippen LogP contribution in [0.25, 0.3) is 11.1 Å². The fourth-order valence-electron chi connectivity index (χ4n) is 5.17. The molecule has 0 saturated carbocycles. The van der Waals surface area contributed by atoms with Gasteiger partial charge < -0.3 is 25.2 Å². The number of aliphatic hydroxyl groups is 1. The molecule has 5 rings (SSSR count). The number of benzene rings is 2. The Morgan fingerprint density at radius 3 is 2.85 bits per heavy atom. The van der Waals surface area contributed by atoms with Crippen molar-refractivity contribution in [2.75, 3.05) is 19.7 Å². The number of aromatic nitrogens is 1. The van der Waals surface area contributed by atoms with Crippen molar-refractivity contribution in [2.24, 2.45) is 5.92 Å². The van der Waals surface area contributed by atoms with Crippen molar-refractivity contribution < 1.29 is 24.2 Å². The molecule has 0 aliphatic carbocycles. The number of nitrogens with one attached hydrogen (secondary N) is 2. The number of fused-ring (bicyclic) bond motifs is 1. The van der Waals surface area contributed by atoms with Gasteiger partial charge in [0.05, 0.1) is 17.7 Å². The number of thiazole rings is 1. The van der Waals surface area contributed by atoms with Gasteiger partial charge in [0.25, 0.3) is 5.91 Å². The molecule has 2 aliphatic rings. The van der Waals surface area contributed by atoms with E-state index in [1.807, 2.05) is 41.8 Å². The molecule has 1 saturated heterocycles. The number of β-amino-alcohol motifs (C(OH)–C–C–N with tert-alkyl or cyclic N) is 1. The zero-order valence-electron chi connectivity index (χ0n) is 23.0. The van der Waals surface area contributed by atoms with Gasteiger partial charge in [0.2, 0.25) is 0 Å². The molecule has 3 N–H and O–H groups in total. The molecule has 0 spiro atoms. The first-order valence-corrected chi connectivity index (χ1v) is 14.7. The minimum atomic E-state index is -1.16. The Labute approximate surface area is 243 Å². The molecule has 0 bridgehead atoms. The van der Waals surface area contributed by atoms with Gasteiger partial charge in [-0.3, -0.25) is 9.59 Å². The van der Waals surface area contributed by atoms with Gasteiger partial charge in [-0.05, 0) is 53.1 Å². The van der Waals surface area contributed by atoms with E-state index < -0.39 is 23.7 Å². The molecule has 214 valence electrons. The van der Waals surface area contributed by atoms with E-state index in [1.165, 1.54) is 11.3 Å². The van der Waals surface area contributed by atoms with Crippen LogP contribution < -0.4 is 15.4 Å². The molecule has 1 fully saturated rings. The molecule has 4 atom stereocenters. The molecule has 9 nitrogen and oxygen atoms in total. The normalized spacial score (nSPS) is 23.6. The van der Waals surface area contributed by atoms with Crippen LogP contribution in [0.3, 0.4) is 0 Å². The Morgan fingerprint density at radius 1 is 1.29 bits per heavy atom. The number of rotatable bonds is 7. The lowest BCUT2D eigenvalue weighted by molar-refractivity contribution is -0.136. The smallest absolute Gasteiger partial charge is 0.311 e. The Bertz CT molecular complexity index is 1400. The summed E-state index contributed by atoms with van der Waals surface area (Å²) >= 11 is 1.46. The van der Waals surface area contributed by atoms with E-state index in [0.717, 1.165) is 40.1 Å². The van der Waals surface area contributed by atoms with Crippen molar-refractivity contribution in [3.63, 3.8) is 0 Å². The van der Waals surface area contributed by atoms with Gasteiger partial charge >= 0.3 is 5.97 Å². The Hall–Kier alpha value is -3.62. The summed E-state index contributed by atoms with van der Waals surface area (Å²) in [5.74, 6) is 0.335. The Morgan fingerprint density at radius 2 is 2.10 bits per heavy atom. The Balaban J connectivity index is 1.17. The summed E-state index contributed by atoms with van der Waals surface area (Å²) in [7, 11) is 0. The average molecular weight is 575 g/mol. The molecular weight excluding hydrogens is 540 g/mol. The molecular formula is C31H34N4O5S. The molecule has 2 aromatic carbocycles. The van der Waals surface area contributed by atoms with Crippen molar-refractivity contribution in [2.45, 2.75) is 56.8 Å². The zero-order valence-corrected chi connectivity index (χ0v) is 23.8. The standard InChI is InChI=1S/C31H34N4O5S/c1-20-2-5-24-14-23(8-9-26(24)40-29(36)12-20)22-6-3-21(4-7-22)13-25(16-32)35-30(37)27-17-33-18-31(38,19-39-27)15-28-34-10-11-41-28/h3-4,6-11,14,20,25,27,33,38H,2,5,12-13,15,17-19H2,1H3,(H,35,37). The van der Waals surface area contributed by atoms with E-state index in [4.69, 9.17) is 9.47 Å². The second-order valence-corrected chi connectivity index (χ2v) is 12.0. The number of hydrogen-bond acceptors (Lipinski definition) is 9. The van der Waals surface area contributed by atoms with Crippen LogP contribution >= 0.6 is 11.3 Å².